The monoisotopic (exact) mass is 1110 g/mol. The average Bonchev–Trinajstić information content (AvgIpc) is 4.46. The standard InChI is InChI=1S/C27H28N6O6S.C26H26N6O6S/c1-17(26(34)19-15-32-14-6-5-12-22(32)28-19)40(35,36)16-23-30-31-27(18-9-7-13-24(29-18)39-4)33(23)25-20(37-2)10-8-11-21(25)38-3;1-36-20-9-7-10-21(37-2)25(20)32-23(29-30-26(32)17-8-6-12-24(28-17)38-3)16-39(34,35)15-19(33)18-14-31-13-5-4-11-22(31)27-18/h5-15,17,26,34H,16H2,1-4H3;4-14,19,33H,15-16H2,1-3H3/t17-,26-;19-/m01/s1. The summed E-state index contributed by atoms with van der Waals surface area (Å²) in [7, 11) is 1.05. The summed E-state index contributed by atoms with van der Waals surface area (Å²) in [6.45, 7) is 1.44. The van der Waals surface area contributed by atoms with Crippen molar-refractivity contribution < 1.29 is 55.5 Å². The van der Waals surface area contributed by atoms with Gasteiger partial charge >= 0.3 is 0 Å². The molecular formula is C53H54N12O12S2. The molecule has 3 atom stereocenters. The number of nitrogens with zero attached hydrogens (tertiary/aromatic N) is 12. The number of aliphatic hydroxyl groups excluding tert-OH is 2. The normalized spacial score (nSPS) is 12.8. The van der Waals surface area contributed by atoms with Crippen LogP contribution in [0.25, 0.3) is 45.7 Å². The van der Waals surface area contributed by atoms with Crippen molar-refractivity contribution in [1.82, 2.24) is 58.3 Å². The summed E-state index contributed by atoms with van der Waals surface area (Å²) in [5, 5.41) is 37.6. The quantitative estimate of drug-likeness (QED) is 0.0926. The third-order valence-corrected chi connectivity index (χ3v) is 16.1. The van der Waals surface area contributed by atoms with E-state index in [9.17, 15) is 27.0 Å². The van der Waals surface area contributed by atoms with E-state index in [1.54, 1.807) is 123 Å². The molecule has 0 saturated heterocycles. The number of aliphatic hydroxyl groups is 2. The van der Waals surface area contributed by atoms with Crippen molar-refractivity contribution in [3.8, 4) is 69.2 Å². The Morgan fingerprint density at radius 3 is 1.37 bits per heavy atom. The Morgan fingerprint density at radius 1 is 0.494 bits per heavy atom. The van der Waals surface area contributed by atoms with E-state index in [0.717, 1.165) is 0 Å². The fraction of sp³-hybridized carbons (Fsp3) is 0.245. The maximum Gasteiger partial charge on any atom is 0.213 e. The Bertz CT molecular complexity index is 3900. The number of hydrogen-bond donors (Lipinski definition) is 2. The number of ether oxygens (including phenoxy) is 6. The highest BCUT2D eigenvalue weighted by Crippen LogP contribution is 2.39. The van der Waals surface area contributed by atoms with Crippen molar-refractivity contribution in [3.63, 3.8) is 0 Å². The predicted octanol–water partition coefficient (Wildman–Crippen LogP) is 5.69. The first kappa shape index (κ1) is 54.8. The number of sulfone groups is 2. The fourth-order valence-electron chi connectivity index (χ4n) is 8.57. The van der Waals surface area contributed by atoms with E-state index in [1.807, 2.05) is 24.3 Å². The fourth-order valence-corrected chi connectivity index (χ4v) is 11.3. The molecule has 79 heavy (non-hydrogen) atoms. The van der Waals surface area contributed by atoms with E-state index in [4.69, 9.17) is 28.4 Å². The Balaban J connectivity index is 0.000000192. The molecule has 0 saturated carbocycles. The summed E-state index contributed by atoms with van der Waals surface area (Å²) in [6.07, 6.45) is 4.04. The number of imidazole rings is 2. The minimum atomic E-state index is -4.00. The van der Waals surface area contributed by atoms with Gasteiger partial charge in [0, 0.05) is 36.9 Å². The van der Waals surface area contributed by atoms with E-state index in [1.165, 1.54) is 54.1 Å². The lowest BCUT2D eigenvalue weighted by atomic mass is 10.2. The molecule has 10 rings (SSSR count). The van der Waals surface area contributed by atoms with Crippen LogP contribution in [0.5, 0.6) is 34.8 Å². The van der Waals surface area contributed by atoms with Gasteiger partial charge in [0.1, 0.15) is 80.8 Å². The molecule has 0 bridgehead atoms. The maximum atomic E-state index is 13.7. The number of rotatable bonds is 20. The van der Waals surface area contributed by atoms with Crippen molar-refractivity contribution in [1.29, 1.82) is 0 Å². The van der Waals surface area contributed by atoms with Gasteiger partial charge in [0.2, 0.25) is 11.8 Å². The van der Waals surface area contributed by atoms with Gasteiger partial charge in [-0.15, -0.1) is 20.4 Å². The van der Waals surface area contributed by atoms with Gasteiger partial charge in [-0.3, -0.25) is 9.13 Å². The highest BCUT2D eigenvalue weighted by atomic mass is 32.2. The van der Waals surface area contributed by atoms with E-state index < -0.39 is 54.4 Å². The number of aromatic nitrogens is 12. The summed E-state index contributed by atoms with van der Waals surface area (Å²) in [5.41, 5.74) is 3.27. The van der Waals surface area contributed by atoms with Gasteiger partial charge in [-0.05, 0) is 67.6 Å². The van der Waals surface area contributed by atoms with Crippen LogP contribution in [0.3, 0.4) is 0 Å². The summed E-state index contributed by atoms with van der Waals surface area (Å²) < 4.78 is 93.5. The van der Waals surface area contributed by atoms with E-state index >= 15 is 0 Å². The van der Waals surface area contributed by atoms with Gasteiger partial charge < -0.3 is 47.4 Å². The summed E-state index contributed by atoms with van der Waals surface area (Å²) >= 11 is 0. The van der Waals surface area contributed by atoms with Gasteiger partial charge in [-0.1, -0.05) is 36.4 Å². The van der Waals surface area contributed by atoms with Crippen LogP contribution in [0.4, 0.5) is 0 Å². The molecule has 2 aromatic carbocycles. The first-order chi connectivity index (χ1) is 38.1. The van der Waals surface area contributed by atoms with Crippen LogP contribution in [0.2, 0.25) is 0 Å². The molecule has 26 heteroatoms. The molecule has 0 aliphatic heterocycles. The average molecular weight is 1120 g/mol. The largest absolute Gasteiger partial charge is 0.494 e. The minimum Gasteiger partial charge on any atom is -0.494 e. The van der Waals surface area contributed by atoms with Gasteiger partial charge in [-0.2, -0.15) is 0 Å². The third-order valence-electron chi connectivity index (χ3n) is 12.5. The van der Waals surface area contributed by atoms with Crippen LogP contribution in [-0.4, -0.2) is 139 Å². The molecule has 0 amide bonds. The molecule has 2 N–H and O–H groups in total. The van der Waals surface area contributed by atoms with Crippen LogP contribution in [-0.2, 0) is 31.2 Å². The zero-order chi connectivity index (χ0) is 56.0. The van der Waals surface area contributed by atoms with E-state index in [0.29, 0.717) is 68.8 Å². The lowest BCUT2D eigenvalue weighted by Gasteiger charge is -2.20. The molecule has 410 valence electrons. The second-order valence-corrected chi connectivity index (χ2v) is 22.0. The molecule has 0 spiro atoms. The zero-order valence-electron chi connectivity index (χ0n) is 43.7. The molecule has 10 aromatic rings. The molecule has 0 fully saturated rings. The van der Waals surface area contributed by atoms with Crippen LogP contribution in [0.15, 0.2) is 134 Å². The smallest absolute Gasteiger partial charge is 0.213 e. The van der Waals surface area contributed by atoms with Crippen LogP contribution < -0.4 is 28.4 Å². The van der Waals surface area contributed by atoms with E-state index in [-0.39, 0.29) is 34.7 Å². The summed E-state index contributed by atoms with van der Waals surface area (Å²) in [6, 6.07) is 31.4. The summed E-state index contributed by atoms with van der Waals surface area (Å²) in [4.78, 5) is 17.6. The number of methoxy groups -OCH3 is 6. The van der Waals surface area contributed by atoms with Crippen molar-refractivity contribution in [3.05, 3.63) is 157 Å². The highest BCUT2D eigenvalue weighted by molar-refractivity contribution is 7.91. The highest BCUT2D eigenvalue weighted by Gasteiger charge is 2.35. The molecule has 8 aromatic heterocycles. The topological polar surface area (TPSA) is 286 Å². The van der Waals surface area contributed by atoms with Crippen LogP contribution in [0.1, 0.15) is 42.2 Å². The predicted molar refractivity (Wildman–Crippen MR) is 288 cm³/mol. The third kappa shape index (κ3) is 11.5. The molecule has 0 radical (unpaired) electrons. The Hall–Kier alpha value is -8.98. The van der Waals surface area contributed by atoms with Crippen molar-refractivity contribution in [2.24, 2.45) is 0 Å². The van der Waals surface area contributed by atoms with Gasteiger partial charge in [0.05, 0.1) is 65.0 Å². The van der Waals surface area contributed by atoms with Crippen molar-refractivity contribution in [2.45, 2.75) is 35.9 Å². The number of pyridine rings is 4. The van der Waals surface area contributed by atoms with Gasteiger partial charge in [-0.25, -0.2) is 36.8 Å². The van der Waals surface area contributed by atoms with Crippen molar-refractivity contribution in [2.75, 3.05) is 48.4 Å². The Morgan fingerprint density at radius 2 is 0.924 bits per heavy atom. The number of para-hydroxylation sites is 2. The lowest BCUT2D eigenvalue weighted by Crippen LogP contribution is -2.28. The Labute approximate surface area is 453 Å². The molecule has 0 unspecified atom stereocenters. The molecule has 24 nitrogen and oxygen atoms in total. The molecular weight excluding hydrogens is 1060 g/mol. The Kier molecular flexibility index (Phi) is 16.2. The molecule has 0 aliphatic rings. The first-order valence-electron chi connectivity index (χ1n) is 24.1. The first-order valence-corrected chi connectivity index (χ1v) is 27.6. The second-order valence-electron chi connectivity index (χ2n) is 17.5. The zero-order valence-corrected chi connectivity index (χ0v) is 45.3. The maximum absolute atomic E-state index is 13.7. The second kappa shape index (κ2) is 23.3. The lowest BCUT2D eigenvalue weighted by molar-refractivity contribution is 0.171. The van der Waals surface area contributed by atoms with Gasteiger partial charge in [0.15, 0.2) is 43.0 Å². The molecule has 0 aliphatic carbocycles. The number of benzene rings is 2. The van der Waals surface area contributed by atoms with Gasteiger partial charge in [0.25, 0.3) is 0 Å². The van der Waals surface area contributed by atoms with Crippen LogP contribution >= 0.6 is 0 Å². The summed E-state index contributed by atoms with van der Waals surface area (Å²) in [5.74, 6) is 1.32. The number of hydrogen-bond acceptors (Lipinski definition) is 20. The molecule has 8 heterocycles. The minimum absolute atomic E-state index is 0.0801. The van der Waals surface area contributed by atoms with Crippen LogP contribution in [0, 0.1) is 0 Å². The number of fused-ring (bicyclic) bond motifs is 2. The SMILES string of the molecule is COc1cccc(-c2nnc(CS(=O)(=O)C[C@@H](O)c3cn4ccccc4n3)n2-c2c(OC)cccc2OC)n1.COc1cccc(-c2nnc(CS(=O)(=O)[C@@H](C)[C@H](O)c3cn4ccccc4n3)n2-c2c(OC)cccc2OC)n1. The van der Waals surface area contributed by atoms with Crippen molar-refractivity contribution >= 4 is 31.0 Å². The van der Waals surface area contributed by atoms with E-state index in [2.05, 4.69) is 40.3 Å².